The van der Waals surface area contributed by atoms with E-state index in [-0.39, 0.29) is 11.8 Å². The van der Waals surface area contributed by atoms with Crippen LogP contribution < -0.4 is 10.5 Å². The summed E-state index contributed by atoms with van der Waals surface area (Å²) >= 11 is 0. The van der Waals surface area contributed by atoms with E-state index in [0.717, 1.165) is 6.07 Å². The van der Waals surface area contributed by atoms with Gasteiger partial charge in [0.25, 0.3) is 0 Å². The van der Waals surface area contributed by atoms with E-state index >= 15 is 0 Å². The van der Waals surface area contributed by atoms with E-state index in [4.69, 9.17) is 10.9 Å². The highest BCUT2D eigenvalue weighted by Crippen LogP contribution is 2.15. The van der Waals surface area contributed by atoms with Crippen molar-refractivity contribution in [3.05, 3.63) is 29.8 Å². The van der Waals surface area contributed by atoms with E-state index in [1.54, 1.807) is 13.8 Å². The number of nitrogens with two attached hydrogens (primary N) is 1. The number of amidine groups is 1. The first-order chi connectivity index (χ1) is 9.19. The summed E-state index contributed by atoms with van der Waals surface area (Å²) < 4.78 is 52.1. The number of hydrogen-bond donors (Lipinski definition) is 3. The Morgan fingerprint density at radius 2 is 1.95 bits per heavy atom. The molecule has 0 aliphatic heterocycles. The fourth-order valence-electron chi connectivity index (χ4n) is 1.48. The maximum atomic E-state index is 13.1. The molecule has 0 heterocycles. The molecule has 1 aromatic rings. The molecule has 112 valence electrons. The van der Waals surface area contributed by atoms with Gasteiger partial charge in [0.05, 0.1) is 10.9 Å². The van der Waals surface area contributed by atoms with Gasteiger partial charge in [-0.2, -0.15) is 0 Å². The molecule has 1 aromatic carbocycles. The molecule has 1 unspecified atom stereocenters. The van der Waals surface area contributed by atoms with Gasteiger partial charge in [-0.05, 0) is 24.1 Å². The van der Waals surface area contributed by atoms with E-state index in [0.29, 0.717) is 12.1 Å². The maximum Gasteiger partial charge on any atom is 0.241 e. The minimum absolute atomic E-state index is 0.314. The molecule has 0 radical (unpaired) electrons. The van der Waals surface area contributed by atoms with Crippen LogP contribution in [-0.2, 0) is 10.0 Å². The van der Waals surface area contributed by atoms with Gasteiger partial charge in [0.1, 0.15) is 0 Å². The second-order valence-electron chi connectivity index (χ2n) is 4.44. The summed E-state index contributed by atoms with van der Waals surface area (Å²) in [7, 11) is -4.13. The predicted molar refractivity (Wildman–Crippen MR) is 68.7 cm³/mol. The number of nitrogens with one attached hydrogen (secondary N) is 1. The molecule has 0 spiro atoms. The fraction of sp³-hybridized carbons (Fsp3) is 0.364. The van der Waals surface area contributed by atoms with Gasteiger partial charge in [-0.3, -0.25) is 0 Å². The highest BCUT2D eigenvalue weighted by molar-refractivity contribution is 7.89. The van der Waals surface area contributed by atoms with Crippen molar-refractivity contribution in [2.45, 2.75) is 24.8 Å². The van der Waals surface area contributed by atoms with Gasteiger partial charge >= 0.3 is 0 Å². The molecular weight excluding hydrogens is 292 g/mol. The predicted octanol–water partition coefficient (Wildman–Crippen LogP) is 1.01. The number of oxime groups is 1. The molecule has 20 heavy (non-hydrogen) atoms. The Bertz CT molecular complexity index is 617. The Balaban J connectivity index is 3.13. The minimum Gasteiger partial charge on any atom is -0.409 e. The van der Waals surface area contributed by atoms with Gasteiger partial charge in [-0.1, -0.05) is 19.0 Å². The second-order valence-corrected chi connectivity index (χ2v) is 6.16. The molecule has 0 amide bonds. The number of nitrogens with zero attached hydrogens (tertiary/aromatic N) is 1. The van der Waals surface area contributed by atoms with Crippen molar-refractivity contribution < 1.29 is 22.4 Å². The SMILES string of the molecule is CC(C)C(NS(=O)(=O)c1ccc(F)c(F)c1)C(N)=NO. The standard InChI is InChI=1S/C11H15F2N3O3S/c1-6(2)10(11(14)15-17)16-20(18,19)7-3-4-8(12)9(13)5-7/h3-6,10,16-17H,1-2H3,(H2,14,15). The molecule has 6 nitrogen and oxygen atoms in total. The van der Waals surface area contributed by atoms with E-state index in [9.17, 15) is 17.2 Å². The lowest BCUT2D eigenvalue weighted by atomic mass is 10.1. The summed E-state index contributed by atoms with van der Waals surface area (Å²) in [6, 6.07) is 1.21. The Morgan fingerprint density at radius 1 is 1.35 bits per heavy atom. The van der Waals surface area contributed by atoms with Gasteiger partial charge in [0.2, 0.25) is 10.0 Å². The average Bonchev–Trinajstić information content (AvgIpc) is 2.38. The first kappa shape index (κ1) is 16.3. The lowest BCUT2D eigenvalue weighted by Crippen LogP contribution is -2.47. The van der Waals surface area contributed by atoms with Crippen LogP contribution in [0.3, 0.4) is 0 Å². The normalized spacial score (nSPS) is 14.6. The third kappa shape index (κ3) is 3.64. The van der Waals surface area contributed by atoms with Crippen molar-refractivity contribution in [1.29, 1.82) is 0 Å². The van der Waals surface area contributed by atoms with Gasteiger partial charge < -0.3 is 10.9 Å². The van der Waals surface area contributed by atoms with Gasteiger partial charge in [-0.25, -0.2) is 21.9 Å². The van der Waals surface area contributed by atoms with Crippen LogP contribution in [0.5, 0.6) is 0 Å². The minimum atomic E-state index is -4.13. The number of rotatable bonds is 5. The Morgan fingerprint density at radius 3 is 2.40 bits per heavy atom. The van der Waals surface area contributed by atoms with Crippen LogP contribution in [0, 0.1) is 17.6 Å². The third-order valence-corrected chi connectivity index (χ3v) is 4.02. The van der Waals surface area contributed by atoms with Crippen LogP contribution >= 0.6 is 0 Å². The van der Waals surface area contributed by atoms with Crippen LogP contribution in [0.25, 0.3) is 0 Å². The molecule has 0 fully saturated rings. The van der Waals surface area contributed by atoms with E-state index in [2.05, 4.69) is 9.88 Å². The first-order valence-corrected chi connectivity index (χ1v) is 7.12. The quantitative estimate of drug-likeness (QED) is 0.327. The number of sulfonamides is 1. The topological polar surface area (TPSA) is 105 Å². The molecule has 0 saturated carbocycles. The molecule has 0 bridgehead atoms. The van der Waals surface area contributed by atoms with Crippen molar-refractivity contribution in [2.24, 2.45) is 16.8 Å². The van der Waals surface area contributed by atoms with Gasteiger partial charge in [0.15, 0.2) is 17.5 Å². The van der Waals surface area contributed by atoms with Crippen molar-refractivity contribution in [2.75, 3.05) is 0 Å². The summed E-state index contributed by atoms with van der Waals surface area (Å²) in [5.41, 5.74) is 5.40. The van der Waals surface area contributed by atoms with Crippen molar-refractivity contribution in [3.63, 3.8) is 0 Å². The highest BCUT2D eigenvalue weighted by Gasteiger charge is 2.26. The Kier molecular flexibility index (Phi) is 5.01. The molecule has 1 rings (SSSR count). The third-order valence-electron chi connectivity index (χ3n) is 2.58. The summed E-state index contributed by atoms with van der Waals surface area (Å²) in [5, 5.41) is 11.4. The molecule has 1 atom stereocenters. The Hall–Kier alpha value is -1.74. The smallest absolute Gasteiger partial charge is 0.241 e. The molecular formula is C11H15F2N3O3S. The van der Waals surface area contributed by atoms with Crippen LogP contribution in [0.2, 0.25) is 0 Å². The number of benzene rings is 1. The van der Waals surface area contributed by atoms with Crippen LogP contribution in [-0.4, -0.2) is 25.5 Å². The lowest BCUT2D eigenvalue weighted by Gasteiger charge is -2.20. The van der Waals surface area contributed by atoms with Crippen molar-refractivity contribution >= 4 is 15.9 Å². The largest absolute Gasteiger partial charge is 0.409 e. The zero-order valence-electron chi connectivity index (χ0n) is 10.8. The summed E-state index contributed by atoms with van der Waals surface area (Å²) in [6.45, 7) is 3.30. The lowest BCUT2D eigenvalue weighted by molar-refractivity contribution is 0.313. The molecule has 0 saturated heterocycles. The maximum absolute atomic E-state index is 13.1. The van der Waals surface area contributed by atoms with Crippen molar-refractivity contribution in [1.82, 2.24) is 4.72 Å². The van der Waals surface area contributed by atoms with Gasteiger partial charge in [0, 0.05) is 0 Å². The molecule has 9 heteroatoms. The van der Waals surface area contributed by atoms with Crippen LogP contribution in [0.1, 0.15) is 13.8 Å². The van der Waals surface area contributed by atoms with Crippen LogP contribution in [0.4, 0.5) is 8.78 Å². The number of halogens is 2. The van der Waals surface area contributed by atoms with E-state index in [1.165, 1.54) is 0 Å². The summed E-state index contributed by atoms with van der Waals surface area (Å²) in [4.78, 5) is -0.451. The molecule has 0 aromatic heterocycles. The zero-order chi connectivity index (χ0) is 15.5. The average molecular weight is 307 g/mol. The second kappa shape index (κ2) is 6.14. The van der Waals surface area contributed by atoms with Crippen LogP contribution in [0.15, 0.2) is 28.3 Å². The fourth-order valence-corrected chi connectivity index (χ4v) is 2.85. The summed E-state index contributed by atoms with van der Waals surface area (Å²) in [5.74, 6) is -3.07. The Labute approximate surface area is 115 Å². The molecule has 0 aliphatic rings. The van der Waals surface area contributed by atoms with Crippen molar-refractivity contribution in [3.8, 4) is 0 Å². The number of hydrogen-bond acceptors (Lipinski definition) is 4. The van der Waals surface area contributed by atoms with E-state index < -0.39 is 32.6 Å². The highest BCUT2D eigenvalue weighted by atomic mass is 32.2. The van der Waals surface area contributed by atoms with Gasteiger partial charge in [-0.15, -0.1) is 0 Å². The first-order valence-electron chi connectivity index (χ1n) is 5.64. The molecule has 0 aliphatic carbocycles. The summed E-state index contributed by atoms with van der Waals surface area (Å²) in [6.07, 6.45) is 0. The molecule has 4 N–H and O–H groups in total. The zero-order valence-corrected chi connectivity index (χ0v) is 11.7. The van der Waals surface area contributed by atoms with E-state index in [1.807, 2.05) is 0 Å². The monoisotopic (exact) mass is 307 g/mol.